The predicted octanol–water partition coefficient (Wildman–Crippen LogP) is 2.00. The third-order valence-corrected chi connectivity index (χ3v) is 4.48. The molecule has 1 aromatic heterocycles. The molecule has 1 aromatic carbocycles. The summed E-state index contributed by atoms with van der Waals surface area (Å²) in [6.45, 7) is 3.07. The lowest BCUT2D eigenvalue weighted by Crippen LogP contribution is -2.46. The van der Waals surface area contributed by atoms with Crippen molar-refractivity contribution in [2.75, 3.05) is 36.4 Å². The number of amides is 1. The second-order valence-corrected chi connectivity index (χ2v) is 6.35. The molecule has 4 rings (SSSR count). The van der Waals surface area contributed by atoms with Crippen molar-refractivity contribution in [3.63, 3.8) is 0 Å². The molecule has 124 valence electrons. The summed E-state index contributed by atoms with van der Waals surface area (Å²) in [5.74, 6) is 1.63. The van der Waals surface area contributed by atoms with Crippen molar-refractivity contribution in [3.05, 3.63) is 36.4 Å². The largest absolute Gasteiger partial charge is 0.353 e. The van der Waals surface area contributed by atoms with Crippen LogP contribution in [0.2, 0.25) is 0 Å². The van der Waals surface area contributed by atoms with Crippen molar-refractivity contribution in [2.24, 2.45) is 0 Å². The number of hydrogen-bond donors (Lipinski definition) is 1. The standard InChI is InChI=1S/C18H21N5O/c24-13-22-8-10-23(11-9-22)17-12-16(14-4-2-1-3-5-14)20-18(21-17)19-15-6-7-15/h1-5,12-13,15H,6-11H2,(H,19,20,21). The van der Waals surface area contributed by atoms with E-state index in [2.05, 4.69) is 22.3 Å². The molecule has 1 aliphatic heterocycles. The molecule has 2 aliphatic rings. The van der Waals surface area contributed by atoms with E-state index >= 15 is 0 Å². The van der Waals surface area contributed by atoms with Gasteiger partial charge in [0.05, 0.1) is 5.69 Å². The molecule has 6 nitrogen and oxygen atoms in total. The van der Waals surface area contributed by atoms with Crippen LogP contribution in [-0.2, 0) is 4.79 Å². The Morgan fingerprint density at radius 1 is 1.04 bits per heavy atom. The molecule has 0 atom stereocenters. The molecule has 6 heteroatoms. The number of aromatic nitrogens is 2. The fourth-order valence-electron chi connectivity index (χ4n) is 2.88. The first kappa shape index (κ1) is 14.9. The molecule has 24 heavy (non-hydrogen) atoms. The molecule has 0 unspecified atom stereocenters. The molecule has 1 saturated heterocycles. The zero-order chi connectivity index (χ0) is 16.4. The van der Waals surface area contributed by atoms with Gasteiger partial charge >= 0.3 is 0 Å². The van der Waals surface area contributed by atoms with Crippen molar-refractivity contribution in [3.8, 4) is 11.3 Å². The summed E-state index contributed by atoms with van der Waals surface area (Å²) in [5.41, 5.74) is 2.02. The van der Waals surface area contributed by atoms with E-state index in [1.807, 2.05) is 24.3 Å². The maximum atomic E-state index is 10.9. The van der Waals surface area contributed by atoms with Crippen LogP contribution in [-0.4, -0.2) is 53.5 Å². The number of carbonyl (C=O) groups excluding carboxylic acids is 1. The van der Waals surface area contributed by atoms with Gasteiger partial charge in [-0.25, -0.2) is 4.98 Å². The highest BCUT2D eigenvalue weighted by atomic mass is 16.1. The molecule has 0 spiro atoms. The fraction of sp³-hybridized carbons (Fsp3) is 0.389. The van der Waals surface area contributed by atoms with E-state index in [9.17, 15) is 4.79 Å². The number of rotatable bonds is 5. The van der Waals surface area contributed by atoms with E-state index in [1.165, 1.54) is 12.8 Å². The van der Waals surface area contributed by atoms with Crippen LogP contribution >= 0.6 is 0 Å². The highest BCUT2D eigenvalue weighted by molar-refractivity contribution is 5.65. The Balaban J connectivity index is 1.63. The minimum atomic E-state index is 0.510. The maximum Gasteiger partial charge on any atom is 0.225 e. The molecule has 2 aromatic rings. The van der Waals surface area contributed by atoms with Gasteiger partial charge in [-0.05, 0) is 12.8 Å². The van der Waals surface area contributed by atoms with Crippen LogP contribution in [0.15, 0.2) is 36.4 Å². The highest BCUT2D eigenvalue weighted by Gasteiger charge is 2.24. The average Bonchev–Trinajstić information content (AvgIpc) is 3.46. The monoisotopic (exact) mass is 323 g/mol. The van der Waals surface area contributed by atoms with E-state index in [-0.39, 0.29) is 0 Å². The Morgan fingerprint density at radius 3 is 2.46 bits per heavy atom. The minimum Gasteiger partial charge on any atom is -0.353 e. The van der Waals surface area contributed by atoms with Gasteiger partial charge in [0.2, 0.25) is 12.4 Å². The van der Waals surface area contributed by atoms with Crippen LogP contribution in [0, 0.1) is 0 Å². The van der Waals surface area contributed by atoms with E-state index in [1.54, 1.807) is 4.90 Å². The molecular formula is C18H21N5O. The van der Waals surface area contributed by atoms with Crippen molar-refractivity contribution >= 4 is 18.2 Å². The molecule has 0 radical (unpaired) electrons. The summed E-state index contributed by atoms with van der Waals surface area (Å²) in [7, 11) is 0. The Bertz CT molecular complexity index is 709. The Hall–Kier alpha value is -2.63. The number of hydrogen-bond acceptors (Lipinski definition) is 5. The zero-order valence-corrected chi connectivity index (χ0v) is 13.6. The van der Waals surface area contributed by atoms with Crippen LogP contribution < -0.4 is 10.2 Å². The van der Waals surface area contributed by atoms with Gasteiger partial charge in [0.1, 0.15) is 5.82 Å². The molecule has 1 amide bonds. The summed E-state index contributed by atoms with van der Waals surface area (Å²) in [6.07, 6.45) is 3.30. The quantitative estimate of drug-likeness (QED) is 0.853. The summed E-state index contributed by atoms with van der Waals surface area (Å²) in [6, 6.07) is 12.7. The lowest BCUT2D eigenvalue weighted by atomic mass is 10.1. The number of nitrogens with zero attached hydrogens (tertiary/aromatic N) is 4. The van der Waals surface area contributed by atoms with Crippen LogP contribution in [0.4, 0.5) is 11.8 Å². The van der Waals surface area contributed by atoms with Gasteiger partial charge in [-0.1, -0.05) is 30.3 Å². The van der Waals surface area contributed by atoms with Crippen LogP contribution in [0.1, 0.15) is 12.8 Å². The molecule has 1 N–H and O–H groups in total. The SMILES string of the molecule is O=CN1CCN(c2cc(-c3ccccc3)nc(NC3CC3)n2)CC1. The summed E-state index contributed by atoms with van der Waals surface area (Å²) in [5, 5.41) is 3.41. The minimum absolute atomic E-state index is 0.510. The van der Waals surface area contributed by atoms with Gasteiger partial charge in [0, 0.05) is 43.9 Å². The van der Waals surface area contributed by atoms with Crippen molar-refractivity contribution in [1.29, 1.82) is 0 Å². The number of carbonyl (C=O) groups is 1. The molecule has 2 fully saturated rings. The molecule has 0 bridgehead atoms. The number of anilines is 2. The Morgan fingerprint density at radius 2 is 1.79 bits per heavy atom. The second-order valence-electron chi connectivity index (χ2n) is 6.35. The van der Waals surface area contributed by atoms with Crippen LogP contribution in [0.5, 0.6) is 0 Å². The van der Waals surface area contributed by atoms with Gasteiger partial charge in [-0.3, -0.25) is 4.79 Å². The molecule has 2 heterocycles. The first-order valence-electron chi connectivity index (χ1n) is 8.47. The Kier molecular flexibility index (Phi) is 4.02. The number of benzene rings is 1. The first-order valence-corrected chi connectivity index (χ1v) is 8.47. The summed E-state index contributed by atoms with van der Waals surface area (Å²) in [4.78, 5) is 24.3. The number of piperazine rings is 1. The van der Waals surface area contributed by atoms with E-state index in [0.29, 0.717) is 12.0 Å². The molecule has 1 saturated carbocycles. The lowest BCUT2D eigenvalue weighted by Gasteiger charge is -2.33. The van der Waals surface area contributed by atoms with E-state index in [4.69, 9.17) is 9.97 Å². The van der Waals surface area contributed by atoms with Gasteiger partial charge in [-0.2, -0.15) is 4.98 Å². The third-order valence-electron chi connectivity index (χ3n) is 4.48. The van der Waals surface area contributed by atoms with E-state index < -0.39 is 0 Å². The summed E-state index contributed by atoms with van der Waals surface area (Å²) < 4.78 is 0. The zero-order valence-electron chi connectivity index (χ0n) is 13.6. The van der Waals surface area contributed by atoms with Crippen molar-refractivity contribution in [2.45, 2.75) is 18.9 Å². The first-order chi connectivity index (χ1) is 11.8. The predicted molar refractivity (Wildman–Crippen MR) is 94.0 cm³/mol. The number of nitrogens with one attached hydrogen (secondary N) is 1. The van der Waals surface area contributed by atoms with Gasteiger partial charge in [-0.15, -0.1) is 0 Å². The van der Waals surface area contributed by atoms with Gasteiger partial charge in [0.25, 0.3) is 0 Å². The van der Waals surface area contributed by atoms with E-state index in [0.717, 1.165) is 49.7 Å². The molecule has 1 aliphatic carbocycles. The highest BCUT2D eigenvalue weighted by Crippen LogP contribution is 2.27. The fourth-order valence-corrected chi connectivity index (χ4v) is 2.88. The van der Waals surface area contributed by atoms with Gasteiger partial charge < -0.3 is 15.1 Å². The van der Waals surface area contributed by atoms with Crippen molar-refractivity contribution < 1.29 is 4.79 Å². The maximum absolute atomic E-state index is 10.9. The lowest BCUT2D eigenvalue weighted by molar-refractivity contribution is -0.118. The second kappa shape index (κ2) is 6.47. The topological polar surface area (TPSA) is 61.4 Å². The average molecular weight is 323 g/mol. The van der Waals surface area contributed by atoms with Crippen LogP contribution in [0.25, 0.3) is 11.3 Å². The van der Waals surface area contributed by atoms with Crippen molar-refractivity contribution in [1.82, 2.24) is 14.9 Å². The Labute approximate surface area is 141 Å². The summed E-state index contributed by atoms with van der Waals surface area (Å²) >= 11 is 0. The van der Waals surface area contributed by atoms with Crippen LogP contribution in [0.3, 0.4) is 0 Å². The molecular weight excluding hydrogens is 302 g/mol. The smallest absolute Gasteiger partial charge is 0.225 e. The third kappa shape index (κ3) is 3.32. The van der Waals surface area contributed by atoms with Gasteiger partial charge in [0.15, 0.2) is 0 Å². The normalized spacial score (nSPS) is 17.7.